The number of carbonyl (C=O) groups excluding carboxylic acids is 3. The van der Waals surface area contributed by atoms with Crippen molar-refractivity contribution in [2.24, 2.45) is 5.73 Å². The molecule has 5 N–H and O–H groups in total. The maximum Gasteiger partial charge on any atom is 0.418 e. The zero-order valence-electron chi connectivity index (χ0n) is 16.7. The molecule has 0 saturated carbocycles. The number of benzene rings is 1. The molecule has 2 heterocycles. The Labute approximate surface area is 182 Å². The molecule has 4 amide bonds. The van der Waals surface area contributed by atoms with E-state index in [0.717, 1.165) is 11.0 Å². The van der Waals surface area contributed by atoms with Gasteiger partial charge in [-0.2, -0.15) is 13.5 Å². The van der Waals surface area contributed by atoms with Crippen LogP contribution in [0.4, 0.5) is 9.18 Å². The Morgan fingerprint density at radius 1 is 1.28 bits per heavy atom. The van der Waals surface area contributed by atoms with Crippen molar-refractivity contribution in [1.82, 2.24) is 20.8 Å². The lowest BCUT2D eigenvalue weighted by Gasteiger charge is -2.29. The van der Waals surface area contributed by atoms with Gasteiger partial charge < -0.3 is 15.4 Å². The Hall–Kier alpha value is -3.01. The number of hydroxylamine groups is 2. The number of fused-ring (bicyclic) bond motifs is 2. The smallest absolute Gasteiger partial charge is 0.418 e. The third-order valence-corrected chi connectivity index (χ3v) is 5.24. The number of ether oxygens (including phenoxy) is 1. The van der Waals surface area contributed by atoms with Gasteiger partial charge in [0.15, 0.2) is 0 Å². The van der Waals surface area contributed by atoms with Gasteiger partial charge in [0.2, 0.25) is 5.91 Å². The van der Waals surface area contributed by atoms with Crippen molar-refractivity contribution in [3.8, 4) is 5.75 Å². The molecular weight excluding hydrogens is 453 g/mol. The number of hydrogen-bond acceptors (Lipinski definition) is 8. The minimum absolute atomic E-state index is 0.00414. The lowest BCUT2D eigenvalue weighted by Crippen LogP contribution is -2.54. The summed E-state index contributed by atoms with van der Waals surface area (Å²) in [6.07, 6.45) is 0.0323. The van der Waals surface area contributed by atoms with Crippen molar-refractivity contribution in [3.63, 3.8) is 0 Å². The van der Waals surface area contributed by atoms with Gasteiger partial charge in [-0.15, -0.1) is 4.28 Å². The van der Waals surface area contributed by atoms with Crippen LogP contribution < -0.4 is 21.3 Å². The van der Waals surface area contributed by atoms with Gasteiger partial charge in [0, 0.05) is 19.2 Å². The van der Waals surface area contributed by atoms with E-state index in [1.165, 1.54) is 12.1 Å². The van der Waals surface area contributed by atoms with Gasteiger partial charge in [0.05, 0.1) is 12.5 Å². The Morgan fingerprint density at radius 3 is 2.69 bits per heavy atom. The highest BCUT2D eigenvalue weighted by Crippen LogP contribution is 2.30. The van der Waals surface area contributed by atoms with Crippen LogP contribution in [0.15, 0.2) is 18.2 Å². The Bertz CT molecular complexity index is 1010. The van der Waals surface area contributed by atoms with Crippen molar-refractivity contribution in [3.05, 3.63) is 29.6 Å². The zero-order valence-corrected chi connectivity index (χ0v) is 17.5. The van der Waals surface area contributed by atoms with E-state index in [1.54, 1.807) is 0 Å². The van der Waals surface area contributed by atoms with E-state index in [1.807, 2.05) is 0 Å². The van der Waals surface area contributed by atoms with Gasteiger partial charge in [0.25, 0.3) is 5.91 Å². The molecule has 13 nitrogen and oxygen atoms in total. The topological polar surface area (TPSA) is 181 Å². The van der Waals surface area contributed by atoms with Gasteiger partial charge in [-0.1, -0.05) is 6.07 Å². The molecule has 1 aromatic carbocycles. The molecule has 32 heavy (non-hydrogen) atoms. The number of halogens is 1. The first-order valence-corrected chi connectivity index (χ1v) is 10.9. The van der Waals surface area contributed by atoms with Crippen LogP contribution in [-0.2, 0) is 30.7 Å². The molecule has 0 aliphatic carbocycles. The first kappa shape index (κ1) is 23.6. The summed E-state index contributed by atoms with van der Waals surface area (Å²) in [5, 5.41) is 0.505. The SMILES string of the molecule is NCCOc1ccc(CC(=O)NNC(=O)[C@@H]2CC[C@@H]3CN2C(=O)N3OS(=O)(=O)O)c(F)c1. The number of carbonyl (C=O) groups is 3. The van der Waals surface area contributed by atoms with Crippen molar-refractivity contribution >= 4 is 28.2 Å². The van der Waals surface area contributed by atoms with E-state index < -0.39 is 46.1 Å². The fourth-order valence-corrected chi connectivity index (χ4v) is 3.86. The molecule has 15 heteroatoms. The van der Waals surface area contributed by atoms with Crippen LogP contribution in [-0.4, -0.2) is 72.6 Å². The minimum Gasteiger partial charge on any atom is -0.492 e. The largest absolute Gasteiger partial charge is 0.492 e. The molecule has 0 aromatic heterocycles. The average molecular weight is 475 g/mol. The Kier molecular flexibility index (Phi) is 7.12. The molecule has 2 aliphatic heterocycles. The second-order valence-corrected chi connectivity index (χ2v) is 8.12. The molecular formula is C17H22FN5O8S. The van der Waals surface area contributed by atoms with E-state index in [0.29, 0.717) is 5.06 Å². The van der Waals surface area contributed by atoms with Crippen LogP contribution in [0.5, 0.6) is 5.75 Å². The molecule has 0 unspecified atom stereocenters. The fourth-order valence-electron chi connectivity index (χ4n) is 3.47. The van der Waals surface area contributed by atoms with Gasteiger partial charge in [-0.25, -0.2) is 9.18 Å². The van der Waals surface area contributed by atoms with Crippen molar-refractivity contribution in [2.75, 3.05) is 19.7 Å². The molecule has 2 aliphatic rings. The third-order valence-electron chi connectivity index (χ3n) is 4.89. The van der Waals surface area contributed by atoms with Crippen LogP contribution in [0.1, 0.15) is 18.4 Å². The summed E-state index contributed by atoms with van der Waals surface area (Å²) in [7, 11) is -4.90. The highest BCUT2D eigenvalue weighted by molar-refractivity contribution is 7.80. The minimum atomic E-state index is -4.90. The maximum atomic E-state index is 14.1. The summed E-state index contributed by atoms with van der Waals surface area (Å²) < 4.78 is 54.2. The second kappa shape index (κ2) is 9.64. The number of urea groups is 1. The molecule has 0 spiro atoms. The predicted molar refractivity (Wildman–Crippen MR) is 104 cm³/mol. The van der Waals surface area contributed by atoms with Gasteiger partial charge >= 0.3 is 16.4 Å². The predicted octanol–water partition coefficient (Wildman–Crippen LogP) is -1.14. The van der Waals surface area contributed by atoms with E-state index >= 15 is 0 Å². The van der Waals surface area contributed by atoms with Crippen LogP contribution in [0, 0.1) is 5.82 Å². The first-order valence-electron chi connectivity index (χ1n) is 9.56. The van der Waals surface area contributed by atoms with Gasteiger partial charge in [-0.05, 0) is 24.5 Å². The average Bonchev–Trinajstić information content (AvgIpc) is 2.96. The molecule has 2 saturated heterocycles. The summed E-state index contributed by atoms with van der Waals surface area (Å²) in [5.41, 5.74) is 9.72. The lowest BCUT2D eigenvalue weighted by atomic mass is 10.0. The molecule has 2 atom stereocenters. The van der Waals surface area contributed by atoms with Crippen molar-refractivity contribution < 1.29 is 40.8 Å². The zero-order chi connectivity index (χ0) is 23.5. The normalized spacial score (nSPS) is 20.3. The van der Waals surface area contributed by atoms with Crippen LogP contribution in [0.25, 0.3) is 0 Å². The number of nitrogens with two attached hydrogens (primary N) is 1. The fraction of sp³-hybridized carbons (Fsp3) is 0.471. The standard InChI is InChI=1S/C17H22FN5O8S/c18-13-8-12(30-6-5-19)3-1-10(13)7-15(24)20-21-16(25)14-4-2-11-9-22(14)17(26)23(11)31-32(27,28)29/h1,3,8,11,14H,2,4-7,9,19H2,(H,20,24)(H,21,25)(H,27,28,29)/t11-,14+/m1/s1. The van der Waals surface area contributed by atoms with Crippen molar-refractivity contribution in [2.45, 2.75) is 31.3 Å². The van der Waals surface area contributed by atoms with Gasteiger partial charge in [0.1, 0.15) is 24.2 Å². The number of hydrogen-bond donors (Lipinski definition) is 4. The first-order chi connectivity index (χ1) is 15.1. The molecule has 1 aromatic rings. The van der Waals surface area contributed by atoms with E-state index in [-0.39, 0.29) is 50.3 Å². The van der Waals surface area contributed by atoms with Crippen LogP contribution >= 0.6 is 0 Å². The van der Waals surface area contributed by atoms with E-state index in [4.69, 9.17) is 15.0 Å². The molecule has 2 bridgehead atoms. The van der Waals surface area contributed by atoms with Crippen LogP contribution in [0.3, 0.4) is 0 Å². The Balaban J connectivity index is 1.53. The lowest BCUT2D eigenvalue weighted by molar-refractivity contribution is -0.131. The van der Waals surface area contributed by atoms with Crippen LogP contribution in [0.2, 0.25) is 0 Å². The highest BCUT2D eigenvalue weighted by Gasteiger charge is 2.49. The number of hydrazine groups is 1. The molecule has 0 radical (unpaired) electrons. The molecule has 176 valence electrons. The summed E-state index contributed by atoms with van der Waals surface area (Å²) in [6, 6.07) is 1.42. The monoisotopic (exact) mass is 475 g/mol. The summed E-state index contributed by atoms with van der Waals surface area (Å²) in [4.78, 5) is 37.9. The summed E-state index contributed by atoms with van der Waals surface area (Å²) in [6.45, 7) is 0.484. The number of amides is 4. The number of rotatable bonds is 8. The quantitative estimate of drug-likeness (QED) is 0.267. The van der Waals surface area contributed by atoms with Crippen molar-refractivity contribution in [1.29, 1.82) is 0 Å². The van der Waals surface area contributed by atoms with E-state index in [2.05, 4.69) is 15.1 Å². The third kappa shape index (κ3) is 5.61. The van der Waals surface area contributed by atoms with E-state index in [9.17, 15) is 27.2 Å². The summed E-state index contributed by atoms with van der Waals surface area (Å²) in [5.74, 6) is -1.82. The molecule has 3 rings (SSSR count). The Morgan fingerprint density at radius 2 is 2.03 bits per heavy atom. The number of piperidine rings is 1. The number of nitrogens with zero attached hydrogens (tertiary/aromatic N) is 2. The molecule has 2 fully saturated rings. The second-order valence-electron chi connectivity index (χ2n) is 7.11. The maximum absolute atomic E-state index is 14.1. The summed E-state index contributed by atoms with van der Waals surface area (Å²) >= 11 is 0. The van der Waals surface area contributed by atoms with Gasteiger partial charge in [-0.3, -0.25) is 25.0 Å². The highest BCUT2D eigenvalue weighted by atomic mass is 32.3. The number of nitrogens with one attached hydrogen (secondary N) is 2.